The number of nitrogens with zero attached hydrogens (tertiary/aromatic N) is 10. The Kier molecular flexibility index (Phi) is 19.6. The Morgan fingerprint density at radius 2 is 1.53 bits per heavy atom. The van der Waals surface area contributed by atoms with Gasteiger partial charge in [0.05, 0.1) is 39.8 Å². The average Bonchev–Trinajstić information content (AvgIpc) is 1.44. The van der Waals surface area contributed by atoms with Crippen molar-refractivity contribution in [1.82, 2.24) is 55.0 Å². The van der Waals surface area contributed by atoms with Gasteiger partial charge in [-0.25, -0.2) is 9.37 Å². The van der Waals surface area contributed by atoms with Crippen LogP contribution in [0.1, 0.15) is 66.2 Å². The molecule has 460 valence electrons. The number of piperazine rings is 3. The fourth-order valence-electron chi connectivity index (χ4n) is 12.4. The van der Waals surface area contributed by atoms with Crippen LogP contribution < -0.4 is 20.3 Å². The summed E-state index contributed by atoms with van der Waals surface area (Å²) in [5, 5.41) is 29.6. The highest BCUT2D eigenvalue weighted by Crippen LogP contribution is 2.43. The average molecular weight is 1220 g/mol. The second kappa shape index (κ2) is 27.0. The molecule has 6 heterocycles. The second-order valence-electron chi connectivity index (χ2n) is 24.4. The van der Waals surface area contributed by atoms with Crippen molar-refractivity contribution in [2.45, 2.75) is 84.7 Å². The van der Waals surface area contributed by atoms with Crippen LogP contribution in [0, 0.1) is 18.2 Å². The standard InChI is InChI=1S/C64H80ClFN12O7S.H2/c1-8-54(82)76-28-30-77(31-29-76)60-50-35-51(65)55(49-33-46(79)32-45-12-9-10-13-48(45)49)56(66)57(50)70-63(71-60)85-40(2)36-74-24-20-72(21-25-74)18-11-19-73-22-26-75(27-23-73)38-53(81)69-59(64(5,6)7)62(84)78-37-47(80)34-52(78)61(83)68-41(3)43-14-16-44(17-15-43)58-42(4)67-39-86-58;/h8-10,12-17,32-33,35,39-41,47,52,59,79-80H,1,11,18-31,34,36-38H2,2-7H3,(H,68,83)(H,69,81);1H/t40-,41+,47-,52+,59-;/m1./s1. The quantitative estimate of drug-likeness (QED) is 0.0592. The first-order valence-corrected chi connectivity index (χ1v) is 31.2. The smallest absolute Gasteiger partial charge is 0.319 e. The van der Waals surface area contributed by atoms with E-state index >= 15 is 4.39 Å². The van der Waals surface area contributed by atoms with Gasteiger partial charge in [-0.15, -0.1) is 11.3 Å². The monoisotopic (exact) mass is 1220 g/mol. The van der Waals surface area contributed by atoms with Gasteiger partial charge in [0, 0.05) is 110 Å². The van der Waals surface area contributed by atoms with Crippen LogP contribution in [0.4, 0.5) is 10.2 Å². The number of aromatic nitrogens is 3. The number of anilines is 1. The highest BCUT2D eigenvalue weighted by Gasteiger charge is 2.45. The molecular weight excluding hydrogens is 1140 g/mol. The van der Waals surface area contributed by atoms with Crippen molar-refractivity contribution >= 4 is 74.1 Å². The largest absolute Gasteiger partial charge is 0.508 e. The number of thiazole rings is 1. The molecule has 22 heteroatoms. The molecule has 0 unspecified atom stereocenters. The summed E-state index contributed by atoms with van der Waals surface area (Å²) in [6.45, 7) is 26.1. The Balaban J connectivity index is 0.00000902. The molecule has 4 saturated heterocycles. The van der Waals surface area contributed by atoms with Crippen molar-refractivity contribution < 1.29 is 39.9 Å². The van der Waals surface area contributed by atoms with Crippen molar-refractivity contribution in [2.75, 3.05) is 116 Å². The van der Waals surface area contributed by atoms with Crippen LogP contribution >= 0.6 is 22.9 Å². The number of fused-ring (bicyclic) bond motifs is 2. The van der Waals surface area contributed by atoms with Crippen molar-refractivity contribution in [3.05, 3.63) is 107 Å². The van der Waals surface area contributed by atoms with Gasteiger partial charge >= 0.3 is 6.01 Å². The molecule has 4 aliphatic rings. The van der Waals surface area contributed by atoms with Gasteiger partial charge < -0.3 is 50.1 Å². The lowest BCUT2D eigenvalue weighted by molar-refractivity contribution is -0.144. The zero-order chi connectivity index (χ0) is 61.0. The van der Waals surface area contributed by atoms with Gasteiger partial charge in [0.1, 0.15) is 35.3 Å². The highest BCUT2D eigenvalue weighted by atomic mass is 35.5. The third-order valence-corrected chi connectivity index (χ3v) is 18.4. The molecule has 4 aliphatic heterocycles. The normalized spacial score (nSPS) is 19.6. The molecule has 2 aromatic heterocycles. The first kappa shape index (κ1) is 62.2. The first-order chi connectivity index (χ1) is 41.2. The topological polar surface area (TPSA) is 203 Å². The molecule has 10 rings (SSSR count). The summed E-state index contributed by atoms with van der Waals surface area (Å²) in [6, 6.07) is 18.1. The maximum Gasteiger partial charge on any atom is 0.319 e. The van der Waals surface area contributed by atoms with Crippen LogP contribution in [0.25, 0.3) is 43.2 Å². The fourth-order valence-corrected chi connectivity index (χ4v) is 13.5. The predicted molar refractivity (Wildman–Crippen MR) is 337 cm³/mol. The number of likely N-dealkylation sites (tertiary alicyclic amines) is 1. The van der Waals surface area contributed by atoms with Crippen LogP contribution in [-0.4, -0.2) is 214 Å². The summed E-state index contributed by atoms with van der Waals surface area (Å²) in [5.41, 5.74) is 4.67. The van der Waals surface area contributed by atoms with Gasteiger partial charge in [0.2, 0.25) is 23.6 Å². The van der Waals surface area contributed by atoms with Crippen LogP contribution in [0.2, 0.25) is 5.02 Å². The van der Waals surface area contributed by atoms with Crippen LogP contribution in [-0.2, 0) is 19.2 Å². The summed E-state index contributed by atoms with van der Waals surface area (Å²) in [5.74, 6) is -1.36. The van der Waals surface area contributed by atoms with E-state index in [1.165, 1.54) is 17.0 Å². The predicted octanol–water partition coefficient (Wildman–Crippen LogP) is 7.22. The molecule has 4 amide bonds. The number of aliphatic hydroxyl groups excluding tert-OH is 1. The molecule has 0 saturated carbocycles. The van der Waals surface area contributed by atoms with E-state index in [2.05, 4.69) is 41.8 Å². The fraction of sp³-hybridized carbons (Fsp3) is 0.484. The number of aliphatic hydroxyl groups is 1. The van der Waals surface area contributed by atoms with E-state index in [-0.39, 0.29) is 84.6 Å². The minimum absolute atomic E-state index is 0. The van der Waals surface area contributed by atoms with Crippen molar-refractivity contribution in [3.63, 3.8) is 0 Å². The SMILES string of the molecule is C=CC(=O)N1CCN(c2nc(O[C@H](C)CN3CCN(CCCN4CCN(CC(=O)N[C@H](C(=O)N5C[C@H](O)C[C@H]5C(=O)N[C@@H](C)c5ccc(-c6scnc6C)cc5)C(C)(C)C)CC4)CC3)nc3c(F)c(-c4cc(O)cc5ccccc45)c(Cl)cc23)CC1.[HH]. The number of aryl methyl sites for hydroxylation is 1. The minimum atomic E-state index is -0.909. The number of β-amino-alcohol motifs (C(OH)–C–C–N with tert-alkyl or cyclic N) is 1. The van der Waals surface area contributed by atoms with E-state index in [9.17, 15) is 29.4 Å². The van der Waals surface area contributed by atoms with Crippen molar-refractivity contribution in [2.24, 2.45) is 5.41 Å². The number of rotatable bonds is 19. The number of benzene rings is 4. The van der Waals surface area contributed by atoms with Gasteiger partial charge in [0.15, 0.2) is 5.82 Å². The molecule has 0 spiro atoms. The van der Waals surface area contributed by atoms with Crippen LogP contribution in [0.5, 0.6) is 11.8 Å². The number of aromatic hydroxyl groups is 1. The molecule has 0 bridgehead atoms. The zero-order valence-corrected chi connectivity index (χ0v) is 51.7. The second-order valence-corrected chi connectivity index (χ2v) is 25.7. The number of carbonyl (C=O) groups excluding carboxylic acids is 4. The van der Waals surface area contributed by atoms with E-state index in [0.29, 0.717) is 62.6 Å². The number of ether oxygens (including phenoxy) is 1. The number of carbonyl (C=O) groups is 4. The lowest BCUT2D eigenvalue weighted by Gasteiger charge is -2.38. The van der Waals surface area contributed by atoms with Crippen molar-refractivity contribution in [1.29, 1.82) is 0 Å². The maximum atomic E-state index is 17.2. The molecule has 5 atom stereocenters. The molecule has 4 fully saturated rings. The number of halogens is 2. The van der Waals surface area contributed by atoms with Gasteiger partial charge in [-0.05, 0) is 97.4 Å². The minimum Gasteiger partial charge on any atom is -0.508 e. The summed E-state index contributed by atoms with van der Waals surface area (Å²) in [4.78, 5) is 83.9. The summed E-state index contributed by atoms with van der Waals surface area (Å²) < 4.78 is 23.7. The molecule has 0 radical (unpaired) electrons. The number of nitrogens with one attached hydrogen (secondary N) is 2. The Morgan fingerprint density at radius 1 is 0.872 bits per heavy atom. The summed E-state index contributed by atoms with van der Waals surface area (Å²) >= 11 is 8.54. The third kappa shape index (κ3) is 14.4. The Bertz CT molecular complexity index is 3440. The van der Waals surface area contributed by atoms with Crippen molar-refractivity contribution in [3.8, 4) is 33.3 Å². The number of phenols is 1. The Hall–Kier alpha value is -6.85. The molecule has 6 aromatic rings. The third-order valence-electron chi connectivity index (χ3n) is 17.2. The lowest BCUT2D eigenvalue weighted by Crippen LogP contribution is -2.59. The first-order valence-electron chi connectivity index (χ1n) is 29.9. The number of phenolic OH excluding ortho intramolecular Hbond substituents is 1. The zero-order valence-electron chi connectivity index (χ0n) is 50.1. The molecule has 86 heavy (non-hydrogen) atoms. The summed E-state index contributed by atoms with van der Waals surface area (Å²) in [7, 11) is 0. The molecule has 4 aromatic carbocycles. The van der Waals surface area contributed by atoms with Gasteiger partial charge in [0.25, 0.3) is 0 Å². The van der Waals surface area contributed by atoms with Crippen LogP contribution in [0.15, 0.2) is 84.9 Å². The van der Waals surface area contributed by atoms with E-state index in [4.69, 9.17) is 26.3 Å². The van der Waals surface area contributed by atoms with E-state index in [1.807, 2.05) is 100 Å². The van der Waals surface area contributed by atoms with Crippen LogP contribution in [0.3, 0.4) is 0 Å². The molecule has 4 N–H and O–H groups in total. The maximum absolute atomic E-state index is 17.2. The Labute approximate surface area is 513 Å². The molecule has 0 aliphatic carbocycles. The Morgan fingerprint density at radius 3 is 2.19 bits per heavy atom. The van der Waals surface area contributed by atoms with Gasteiger partial charge in [-0.1, -0.05) is 87.5 Å². The van der Waals surface area contributed by atoms with Gasteiger partial charge in [-0.3, -0.25) is 29.0 Å². The number of hydrogen-bond donors (Lipinski definition) is 4. The van der Waals surface area contributed by atoms with E-state index < -0.39 is 29.4 Å². The summed E-state index contributed by atoms with van der Waals surface area (Å²) in [6.07, 6.45) is 1.21. The van der Waals surface area contributed by atoms with Gasteiger partial charge in [-0.2, -0.15) is 9.97 Å². The highest BCUT2D eigenvalue weighted by molar-refractivity contribution is 7.13. The lowest BCUT2D eigenvalue weighted by atomic mass is 9.85. The molecular formula is C64H82ClFN12O7S. The number of amides is 4. The van der Waals surface area contributed by atoms with E-state index in [0.717, 1.165) is 91.2 Å². The molecule has 19 nitrogen and oxygen atoms in total. The van der Waals surface area contributed by atoms with E-state index in [1.54, 1.807) is 28.4 Å². The number of hydrogen-bond acceptors (Lipinski definition) is 16.